The van der Waals surface area contributed by atoms with Crippen LogP contribution in [-0.2, 0) is 14.3 Å². The summed E-state index contributed by atoms with van der Waals surface area (Å²) in [7, 11) is 0. The molecule has 0 heterocycles. The highest BCUT2D eigenvalue weighted by Gasteiger charge is 2.10. The maximum Gasteiger partial charge on any atom is 0.343 e. The lowest BCUT2D eigenvalue weighted by molar-refractivity contribution is -0.139. The van der Waals surface area contributed by atoms with Crippen LogP contribution in [0.5, 0.6) is 17.2 Å². The van der Waals surface area contributed by atoms with E-state index in [0.29, 0.717) is 30.3 Å². The van der Waals surface area contributed by atoms with E-state index < -0.39 is 18.5 Å². The molecule has 44 heavy (non-hydrogen) atoms. The first-order valence-electron chi connectivity index (χ1n) is 14.3. The summed E-state index contributed by atoms with van der Waals surface area (Å²) in [6, 6.07) is 29.6. The number of aliphatic carboxylic acids is 1. The topological polar surface area (TPSA) is 108 Å². The highest BCUT2D eigenvalue weighted by molar-refractivity contribution is 5.91. The molecule has 0 aliphatic carbocycles. The third-order valence-corrected chi connectivity index (χ3v) is 6.64. The minimum Gasteiger partial charge on any atom is -0.494 e. The van der Waals surface area contributed by atoms with E-state index in [-0.39, 0.29) is 5.97 Å². The number of rotatable bonds is 16. The van der Waals surface area contributed by atoms with Gasteiger partial charge in [-0.15, -0.1) is 0 Å². The third-order valence-electron chi connectivity index (χ3n) is 6.64. The minimum atomic E-state index is -1.08. The number of ether oxygens (including phenoxy) is 4. The van der Waals surface area contributed by atoms with Crippen LogP contribution in [0.15, 0.2) is 110 Å². The fourth-order valence-electron chi connectivity index (χ4n) is 4.29. The zero-order valence-electron chi connectivity index (χ0n) is 24.3. The Bertz CT molecular complexity index is 1520. The Kier molecular flexibility index (Phi) is 11.7. The van der Waals surface area contributed by atoms with E-state index >= 15 is 0 Å². The maximum absolute atomic E-state index is 12.5. The second-order valence-corrected chi connectivity index (χ2v) is 9.86. The first-order valence-corrected chi connectivity index (χ1v) is 14.3. The van der Waals surface area contributed by atoms with Crippen molar-refractivity contribution in [3.8, 4) is 39.5 Å². The standard InChI is InChI=1S/C36H34O8/c1-2-35(39)42-24-6-4-3-5-23-41-31-17-11-28(12-18-31)26-7-9-27(10-8-26)29-13-21-33(22-14-29)44-36(40)30-15-19-32(20-16-30)43-25-34(37)38/h2,7-22H,1,3-6,23-25H2,(H,37,38). The van der Waals surface area contributed by atoms with Crippen molar-refractivity contribution in [3.05, 3.63) is 115 Å². The number of hydrogen-bond acceptors (Lipinski definition) is 7. The van der Waals surface area contributed by atoms with Crippen LogP contribution in [-0.4, -0.2) is 42.8 Å². The molecule has 4 aromatic rings. The summed E-state index contributed by atoms with van der Waals surface area (Å²) >= 11 is 0. The Morgan fingerprint density at radius 1 is 0.591 bits per heavy atom. The fraction of sp³-hybridized carbons (Fsp3) is 0.194. The molecule has 4 rings (SSSR count). The SMILES string of the molecule is C=CC(=O)OCCCCCCOc1ccc(-c2ccc(-c3ccc(OC(=O)c4ccc(OCC(=O)O)cc4)cc3)cc2)cc1. The van der Waals surface area contributed by atoms with Crippen LogP contribution in [0.25, 0.3) is 22.3 Å². The summed E-state index contributed by atoms with van der Waals surface area (Å²) in [6.07, 6.45) is 4.93. The van der Waals surface area contributed by atoms with Crippen molar-refractivity contribution in [3.63, 3.8) is 0 Å². The van der Waals surface area contributed by atoms with Gasteiger partial charge in [0.25, 0.3) is 0 Å². The second kappa shape index (κ2) is 16.3. The predicted octanol–water partition coefficient (Wildman–Crippen LogP) is 7.37. The molecule has 0 unspecified atom stereocenters. The molecule has 0 radical (unpaired) electrons. The molecular weight excluding hydrogens is 560 g/mol. The average molecular weight is 595 g/mol. The molecule has 1 N–H and O–H groups in total. The first-order chi connectivity index (χ1) is 21.4. The molecule has 0 aliphatic rings. The van der Waals surface area contributed by atoms with Crippen LogP contribution < -0.4 is 14.2 Å². The van der Waals surface area contributed by atoms with Gasteiger partial charge >= 0.3 is 17.9 Å². The number of carboxylic acid groups (broad SMARTS) is 1. The van der Waals surface area contributed by atoms with E-state index in [2.05, 4.69) is 18.7 Å². The van der Waals surface area contributed by atoms with Crippen LogP contribution in [0.3, 0.4) is 0 Å². The van der Waals surface area contributed by atoms with Crippen LogP contribution in [0.2, 0.25) is 0 Å². The van der Waals surface area contributed by atoms with E-state index in [1.54, 1.807) is 12.1 Å². The third kappa shape index (κ3) is 9.87. The molecular formula is C36H34O8. The normalized spacial score (nSPS) is 10.5. The van der Waals surface area contributed by atoms with Crippen molar-refractivity contribution < 1.29 is 38.4 Å². The molecule has 8 heteroatoms. The van der Waals surface area contributed by atoms with Crippen molar-refractivity contribution >= 4 is 17.9 Å². The summed E-state index contributed by atoms with van der Waals surface area (Å²) in [5, 5.41) is 8.69. The van der Waals surface area contributed by atoms with E-state index in [1.165, 1.54) is 30.3 Å². The van der Waals surface area contributed by atoms with Gasteiger partial charge in [-0.3, -0.25) is 0 Å². The summed E-state index contributed by atoms with van der Waals surface area (Å²) in [4.78, 5) is 34.1. The lowest BCUT2D eigenvalue weighted by atomic mass is 10.0. The Labute approximate surface area is 256 Å². The van der Waals surface area contributed by atoms with Crippen LogP contribution in [0.1, 0.15) is 36.0 Å². The molecule has 8 nitrogen and oxygen atoms in total. The van der Waals surface area contributed by atoms with Crippen molar-refractivity contribution in [1.29, 1.82) is 0 Å². The summed E-state index contributed by atoms with van der Waals surface area (Å²) < 4.78 is 21.4. The Morgan fingerprint density at radius 2 is 1.05 bits per heavy atom. The van der Waals surface area contributed by atoms with E-state index in [0.717, 1.165) is 53.7 Å². The Morgan fingerprint density at radius 3 is 1.57 bits per heavy atom. The average Bonchev–Trinajstić information content (AvgIpc) is 3.05. The maximum atomic E-state index is 12.5. The van der Waals surface area contributed by atoms with Crippen LogP contribution >= 0.6 is 0 Å². The lowest BCUT2D eigenvalue weighted by Crippen LogP contribution is -2.10. The molecule has 0 spiro atoms. The number of benzene rings is 4. The van der Waals surface area contributed by atoms with Gasteiger partial charge in [0.15, 0.2) is 6.61 Å². The number of hydrogen-bond donors (Lipinski definition) is 1. The largest absolute Gasteiger partial charge is 0.494 e. The van der Waals surface area contributed by atoms with Gasteiger partial charge in [0.05, 0.1) is 18.8 Å². The van der Waals surface area contributed by atoms with Crippen molar-refractivity contribution in [2.45, 2.75) is 25.7 Å². The number of unbranched alkanes of at least 4 members (excludes halogenated alkanes) is 3. The molecule has 226 valence electrons. The Hall–Kier alpha value is -5.37. The number of carbonyl (C=O) groups is 3. The molecule has 0 fully saturated rings. The molecule has 0 amide bonds. The number of esters is 2. The molecule has 0 saturated carbocycles. The molecule has 0 bridgehead atoms. The summed E-state index contributed by atoms with van der Waals surface area (Å²) in [5.74, 6) is -0.387. The van der Waals surface area contributed by atoms with Gasteiger partial charge in [0, 0.05) is 6.08 Å². The van der Waals surface area contributed by atoms with Crippen LogP contribution in [0, 0.1) is 0 Å². The molecule has 4 aromatic carbocycles. The van der Waals surface area contributed by atoms with Gasteiger partial charge in [-0.25, -0.2) is 14.4 Å². The van der Waals surface area contributed by atoms with Gasteiger partial charge in [-0.05, 0) is 96.5 Å². The van der Waals surface area contributed by atoms with Gasteiger partial charge in [-0.1, -0.05) is 55.1 Å². The Balaban J connectivity index is 1.22. The predicted molar refractivity (Wildman–Crippen MR) is 167 cm³/mol. The highest BCUT2D eigenvalue weighted by atomic mass is 16.5. The smallest absolute Gasteiger partial charge is 0.343 e. The van der Waals surface area contributed by atoms with Crippen molar-refractivity contribution in [2.75, 3.05) is 19.8 Å². The van der Waals surface area contributed by atoms with Gasteiger partial charge in [0.1, 0.15) is 17.2 Å². The zero-order chi connectivity index (χ0) is 31.1. The molecule has 0 saturated heterocycles. The van der Waals surface area contributed by atoms with Gasteiger partial charge < -0.3 is 24.1 Å². The molecule has 0 aliphatic heterocycles. The lowest BCUT2D eigenvalue weighted by Gasteiger charge is -2.09. The summed E-state index contributed by atoms with van der Waals surface area (Å²) in [5.41, 5.74) is 4.51. The fourth-order valence-corrected chi connectivity index (χ4v) is 4.29. The highest BCUT2D eigenvalue weighted by Crippen LogP contribution is 2.28. The van der Waals surface area contributed by atoms with E-state index in [1.807, 2.05) is 48.5 Å². The molecule has 0 atom stereocenters. The second-order valence-electron chi connectivity index (χ2n) is 9.86. The number of carbonyl (C=O) groups excluding carboxylic acids is 2. The zero-order valence-corrected chi connectivity index (χ0v) is 24.3. The number of carboxylic acids is 1. The van der Waals surface area contributed by atoms with Crippen molar-refractivity contribution in [1.82, 2.24) is 0 Å². The van der Waals surface area contributed by atoms with Crippen LogP contribution in [0.4, 0.5) is 0 Å². The summed E-state index contributed by atoms with van der Waals surface area (Å²) in [6.45, 7) is 3.98. The van der Waals surface area contributed by atoms with Gasteiger partial charge in [-0.2, -0.15) is 0 Å². The first kappa shape index (κ1) is 31.6. The van der Waals surface area contributed by atoms with Crippen molar-refractivity contribution in [2.24, 2.45) is 0 Å². The minimum absolute atomic E-state index is 0.323. The quantitative estimate of drug-likeness (QED) is 0.0620. The van der Waals surface area contributed by atoms with E-state index in [4.69, 9.17) is 24.1 Å². The monoisotopic (exact) mass is 594 g/mol. The molecule has 0 aromatic heterocycles. The van der Waals surface area contributed by atoms with E-state index in [9.17, 15) is 14.4 Å². The van der Waals surface area contributed by atoms with Gasteiger partial charge in [0.2, 0.25) is 0 Å².